The second kappa shape index (κ2) is 9.50. The summed E-state index contributed by atoms with van der Waals surface area (Å²) in [5, 5.41) is 2.35. The Morgan fingerprint density at radius 2 is 1.91 bits per heavy atom. The summed E-state index contributed by atoms with van der Waals surface area (Å²) in [6.45, 7) is 9.08. The highest BCUT2D eigenvalue weighted by Crippen LogP contribution is 2.17. The molecule has 0 aliphatic heterocycles. The molecule has 0 unspecified atom stereocenters. The van der Waals surface area contributed by atoms with Crippen molar-refractivity contribution in [2.45, 2.75) is 52.7 Å². The highest BCUT2D eigenvalue weighted by Gasteiger charge is 2.23. The third kappa shape index (κ3) is 8.54. The van der Waals surface area contributed by atoms with Crippen LogP contribution >= 0.6 is 15.9 Å². The quantitative estimate of drug-likeness (QED) is 0.824. The van der Waals surface area contributed by atoms with Gasteiger partial charge in [-0.3, -0.25) is 4.79 Å². The standard InChI is InChI=1S/C14H18BrFN2O3.C2H6/c1-14(2,3)21-13(20)18-11(12(17)19)6-8-4-5-9(15)7-10(8)16;1-2/h4-5,7,11H,6H2,1-3H3,(H2,17,19)(H,18,20);1-2H3/t11-;/m0./s1. The van der Waals surface area contributed by atoms with Crippen molar-refractivity contribution < 1.29 is 18.7 Å². The molecule has 0 fully saturated rings. The molecule has 0 saturated heterocycles. The molecule has 3 N–H and O–H groups in total. The number of hydrogen-bond acceptors (Lipinski definition) is 3. The van der Waals surface area contributed by atoms with Crippen LogP contribution in [0.15, 0.2) is 22.7 Å². The van der Waals surface area contributed by atoms with Crippen LogP contribution in [0.3, 0.4) is 0 Å². The van der Waals surface area contributed by atoms with Gasteiger partial charge in [-0.25, -0.2) is 9.18 Å². The molecule has 0 bridgehead atoms. The van der Waals surface area contributed by atoms with Crippen LogP contribution in [0.2, 0.25) is 0 Å². The molecule has 23 heavy (non-hydrogen) atoms. The molecule has 0 radical (unpaired) electrons. The predicted octanol–water partition coefficient (Wildman–Crippen LogP) is 3.54. The Labute approximate surface area is 144 Å². The summed E-state index contributed by atoms with van der Waals surface area (Å²) in [4.78, 5) is 23.1. The van der Waals surface area contributed by atoms with Gasteiger partial charge in [0.1, 0.15) is 17.5 Å². The minimum Gasteiger partial charge on any atom is -0.444 e. The summed E-state index contributed by atoms with van der Waals surface area (Å²) in [7, 11) is 0. The van der Waals surface area contributed by atoms with Crippen LogP contribution in [-0.4, -0.2) is 23.6 Å². The van der Waals surface area contributed by atoms with Gasteiger partial charge in [-0.15, -0.1) is 0 Å². The van der Waals surface area contributed by atoms with E-state index in [0.717, 1.165) is 0 Å². The van der Waals surface area contributed by atoms with Gasteiger partial charge < -0.3 is 15.8 Å². The van der Waals surface area contributed by atoms with Crippen molar-refractivity contribution in [3.8, 4) is 0 Å². The normalized spacial score (nSPS) is 11.8. The van der Waals surface area contributed by atoms with Gasteiger partial charge in [-0.05, 0) is 38.5 Å². The lowest BCUT2D eigenvalue weighted by Crippen LogP contribution is -2.47. The number of alkyl carbamates (subject to hydrolysis) is 1. The van der Waals surface area contributed by atoms with Crippen LogP contribution < -0.4 is 11.1 Å². The van der Waals surface area contributed by atoms with Crippen molar-refractivity contribution in [3.05, 3.63) is 34.1 Å². The fourth-order valence-electron chi connectivity index (χ4n) is 1.58. The Morgan fingerprint density at radius 1 is 1.35 bits per heavy atom. The molecule has 7 heteroatoms. The number of ether oxygens (including phenoxy) is 1. The lowest BCUT2D eigenvalue weighted by molar-refractivity contribution is -0.120. The molecular formula is C16H24BrFN2O3. The molecule has 5 nitrogen and oxygen atoms in total. The summed E-state index contributed by atoms with van der Waals surface area (Å²) >= 11 is 3.14. The first-order chi connectivity index (χ1) is 10.6. The second-order valence-electron chi connectivity index (χ2n) is 5.54. The van der Waals surface area contributed by atoms with E-state index in [1.165, 1.54) is 12.1 Å². The van der Waals surface area contributed by atoms with Crippen LogP contribution in [0, 0.1) is 5.82 Å². The van der Waals surface area contributed by atoms with Gasteiger partial charge in [0.15, 0.2) is 0 Å². The highest BCUT2D eigenvalue weighted by atomic mass is 79.9. The Morgan fingerprint density at radius 3 is 2.35 bits per heavy atom. The van der Waals surface area contributed by atoms with Crippen molar-refractivity contribution in [2.24, 2.45) is 5.73 Å². The van der Waals surface area contributed by atoms with Crippen molar-refractivity contribution in [1.82, 2.24) is 5.32 Å². The Bertz CT molecular complexity index is 545. The number of primary amides is 1. The van der Waals surface area contributed by atoms with E-state index >= 15 is 0 Å². The number of amides is 2. The maximum Gasteiger partial charge on any atom is 0.408 e. The van der Waals surface area contributed by atoms with E-state index in [1.54, 1.807) is 26.8 Å². The summed E-state index contributed by atoms with van der Waals surface area (Å²) in [5.74, 6) is -1.25. The van der Waals surface area contributed by atoms with Gasteiger partial charge >= 0.3 is 6.09 Å². The fraction of sp³-hybridized carbons (Fsp3) is 0.500. The molecule has 0 aliphatic rings. The van der Waals surface area contributed by atoms with E-state index in [0.29, 0.717) is 4.47 Å². The first-order valence-corrected chi connectivity index (χ1v) is 8.10. The number of nitrogens with two attached hydrogens (primary N) is 1. The molecule has 0 saturated carbocycles. The summed E-state index contributed by atoms with van der Waals surface area (Å²) in [6.07, 6.45) is -0.822. The minimum atomic E-state index is -1.05. The smallest absolute Gasteiger partial charge is 0.408 e. The molecule has 130 valence electrons. The van der Waals surface area contributed by atoms with E-state index in [2.05, 4.69) is 21.2 Å². The van der Waals surface area contributed by atoms with Crippen molar-refractivity contribution in [2.75, 3.05) is 0 Å². The lowest BCUT2D eigenvalue weighted by Gasteiger charge is -2.22. The fourth-order valence-corrected chi connectivity index (χ4v) is 1.91. The van der Waals surface area contributed by atoms with Gasteiger partial charge in [-0.1, -0.05) is 35.8 Å². The van der Waals surface area contributed by atoms with Crippen LogP contribution in [0.4, 0.5) is 9.18 Å². The molecule has 1 rings (SSSR count). The number of carbonyl (C=O) groups is 2. The molecule has 2 amide bonds. The molecule has 0 spiro atoms. The van der Waals surface area contributed by atoms with Crippen LogP contribution in [-0.2, 0) is 16.0 Å². The SMILES string of the molecule is CC.CC(C)(C)OC(=O)N[C@@H](Cc1ccc(Br)cc1F)C(N)=O. The van der Waals surface area contributed by atoms with Crippen molar-refractivity contribution in [3.63, 3.8) is 0 Å². The van der Waals surface area contributed by atoms with Crippen LogP contribution in [0.1, 0.15) is 40.2 Å². The number of nitrogens with one attached hydrogen (secondary N) is 1. The summed E-state index contributed by atoms with van der Waals surface area (Å²) < 4.78 is 19.4. The zero-order chi connectivity index (χ0) is 18.2. The molecule has 1 aromatic carbocycles. The number of carbonyl (C=O) groups excluding carboxylic acids is 2. The first-order valence-electron chi connectivity index (χ1n) is 7.31. The van der Waals surface area contributed by atoms with E-state index < -0.39 is 29.5 Å². The van der Waals surface area contributed by atoms with E-state index in [1.807, 2.05) is 13.8 Å². The topological polar surface area (TPSA) is 81.4 Å². The monoisotopic (exact) mass is 390 g/mol. The molecule has 0 aromatic heterocycles. The predicted molar refractivity (Wildman–Crippen MR) is 91.5 cm³/mol. The average molecular weight is 391 g/mol. The largest absolute Gasteiger partial charge is 0.444 e. The van der Waals surface area contributed by atoms with Crippen molar-refractivity contribution >= 4 is 27.9 Å². The highest BCUT2D eigenvalue weighted by molar-refractivity contribution is 9.10. The molecular weight excluding hydrogens is 367 g/mol. The number of rotatable bonds is 4. The van der Waals surface area contributed by atoms with Gasteiger partial charge in [0.05, 0.1) is 0 Å². The van der Waals surface area contributed by atoms with Crippen molar-refractivity contribution in [1.29, 1.82) is 0 Å². The maximum absolute atomic E-state index is 13.8. The summed E-state index contributed by atoms with van der Waals surface area (Å²) in [6, 6.07) is 3.40. The Balaban J connectivity index is 0.00000232. The molecule has 0 aliphatic carbocycles. The first kappa shape index (κ1) is 21.4. The third-order valence-corrected chi connectivity index (χ3v) is 2.97. The zero-order valence-electron chi connectivity index (χ0n) is 14.1. The molecule has 0 heterocycles. The number of hydrogen-bond donors (Lipinski definition) is 2. The maximum atomic E-state index is 13.8. The van der Waals surface area contributed by atoms with E-state index in [-0.39, 0.29) is 12.0 Å². The van der Waals surface area contributed by atoms with Crippen LogP contribution in [0.25, 0.3) is 0 Å². The average Bonchev–Trinajstić information content (AvgIpc) is 2.40. The zero-order valence-corrected chi connectivity index (χ0v) is 15.7. The summed E-state index contributed by atoms with van der Waals surface area (Å²) in [5.41, 5.74) is 4.81. The molecule has 1 atom stereocenters. The second-order valence-corrected chi connectivity index (χ2v) is 6.46. The van der Waals surface area contributed by atoms with Gasteiger partial charge in [0.2, 0.25) is 5.91 Å². The third-order valence-electron chi connectivity index (χ3n) is 2.47. The van der Waals surface area contributed by atoms with Gasteiger partial charge in [-0.2, -0.15) is 0 Å². The Kier molecular flexibility index (Phi) is 8.82. The van der Waals surface area contributed by atoms with E-state index in [9.17, 15) is 14.0 Å². The molecule has 1 aromatic rings. The number of benzene rings is 1. The lowest BCUT2D eigenvalue weighted by atomic mass is 10.1. The van der Waals surface area contributed by atoms with E-state index in [4.69, 9.17) is 10.5 Å². The van der Waals surface area contributed by atoms with Gasteiger partial charge in [0, 0.05) is 10.9 Å². The number of halogens is 2. The Hall–Kier alpha value is -1.63. The van der Waals surface area contributed by atoms with Gasteiger partial charge in [0.25, 0.3) is 0 Å². The minimum absolute atomic E-state index is 0.0479. The van der Waals surface area contributed by atoms with Crippen LogP contribution in [0.5, 0.6) is 0 Å².